The predicted octanol–water partition coefficient (Wildman–Crippen LogP) is 3.05. The number of alkyl halides is 2. The number of halogens is 2. The highest BCUT2D eigenvalue weighted by Crippen LogP contribution is 2.52. The van der Waals surface area contributed by atoms with Gasteiger partial charge < -0.3 is 4.90 Å². The van der Waals surface area contributed by atoms with Crippen LogP contribution in [-0.2, 0) is 4.79 Å². The Balaban J connectivity index is 1.95. The lowest BCUT2D eigenvalue weighted by Crippen LogP contribution is -2.40. The minimum atomic E-state index is -2.64. The molecule has 1 aromatic rings. The number of nitrogens with zero attached hydrogens (tertiary/aromatic N) is 3. The van der Waals surface area contributed by atoms with Gasteiger partial charge in [-0.15, -0.1) is 0 Å². The van der Waals surface area contributed by atoms with Crippen LogP contribution in [0.1, 0.15) is 49.8 Å². The Bertz CT molecular complexity index is 643. The average molecular weight is 305 g/mol. The molecule has 0 spiro atoms. The fourth-order valence-corrected chi connectivity index (χ4v) is 3.82. The molecule has 1 amide bonds. The molecule has 3 heterocycles. The van der Waals surface area contributed by atoms with Gasteiger partial charge in [0, 0.05) is 18.4 Å². The van der Waals surface area contributed by atoms with Crippen LogP contribution in [0.15, 0.2) is 18.5 Å². The highest BCUT2D eigenvalue weighted by molar-refractivity contribution is 5.86. The molecule has 6 heteroatoms. The van der Waals surface area contributed by atoms with E-state index in [9.17, 15) is 13.6 Å². The van der Waals surface area contributed by atoms with Crippen LogP contribution >= 0.6 is 0 Å². The van der Waals surface area contributed by atoms with Gasteiger partial charge in [-0.25, -0.2) is 8.78 Å². The lowest BCUT2D eigenvalue weighted by Gasteiger charge is -2.29. The first-order chi connectivity index (χ1) is 10.5. The van der Waals surface area contributed by atoms with Crippen molar-refractivity contribution in [2.24, 2.45) is 5.41 Å². The number of aromatic nitrogens is 1. The number of amides is 1. The Labute approximate surface area is 127 Å². The quantitative estimate of drug-likeness (QED) is 0.862. The highest BCUT2D eigenvalue weighted by Gasteiger charge is 2.59. The van der Waals surface area contributed by atoms with Crippen molar-refractivity contribution in [3.8, 4) is 6.07 Å². The fourth-order valence-electron chi connectivity index (χ4n) is 3.82. The predicted molar refractivity (Wildman–Crippen MR) is 74.9 cm³/mol. The van der Waals surface area contributed by atoms with Crippen molar-refractivity contribution in [1.82, 2.24) is 9.88 Å². The molecule has 22 heavy (non-hydrogen) atoms. The van der Waals surface area contributed by atoms with Crippen LogP contribution in [0.5, 0.6) is 0 Å². The zero-order chi connectivity index (χ0) is 15.9. The van der Waals surface area contributed by atoms with Gasteiger partial charge in [0.05, 0.1) is 11.6 Å². The summed E-state index contributed by atoms with van der Waals surface area (Å²) in [6, 6.07) is 3.34. The number of hydrogen-bond donors (Lipinski definition) is 0. The number of fused-ring (bicyclic) bond motifs is 1. The fraction of sp³-hybridized carbons (Fsp3) is 0.562. The van der Waals surface area contributed by atoms with Gasteiger partial charge in [-0.1, -0.05) is 6.92 Å². The van der Waals surface area contributed by atoms with Crippen LogP contribution in [0.3, 0.4) is 0 Å². The lowest BCUT2D eigenvalue weighted by molar-refractivity contribution is -0.146. The summed E-state index contributed by atoms with van der Waals surface area (Å²) in [5.41, 5.74) is -0.358. The second-order valence-corrected chi connectivity index (χ2v) is 6.09. The van der Waals surface area contributed by atoms with E-state index in [4.69, 9.17) is 5.26 Å². The molecule has 0 bridgehead atoms. The summed E-state index contributed by atoms with van der Waals surface area (Å²) in [6.07, 6.45) is 2.27. The number of pyridine rings is 1. The summed E-state index contributed by atoms with van der Waals surface area (Å²) in [5.74, 6) is -0.445. The van der Waals surface area contributed by atoms with Crippen LogP contribution in [0.25, 0.3) is 0 Å². The van der Waals surface area contributed by atoms with E-state index >= 15 is 0 Å². The third-order valence-electron chi connectivity index (χ3n) is 5.08. The van der Waals surface area contributed by atoms with E-state index in [1.54, 1.807) is 24.1 Å². The van der Waals surface area contributed by atoms with E-state index in [1.165, 1.54) is 6.20 Å². The highest BCUT2D eigenvalue weighted by atomic mass is 19.3. The number of rotatable bonds is 3. The molecule has 0 aromatic carbocycles. The van der Waals surface area contributed by atoms with Crippen molar-refractivity contribution in [2.45, 2.75) is 51.1 Å². The Kier molecular flexibility index (Phi) is 3.59. The molecule has 3 rings (SSSR count). The van der Waals surface area contributed by atoms with Gasteiger partial charge in [-0.2, -0.15) is 5.26 Å². The molecule has 1 aromatic heterocycles. The zero-order valence-electron chi connectivity index (χ0n) is 12.3. The molecule has 116 valence electrons. The van der Waals surface area contributed by atoms with Gasteiger partial charge in [-0.05, 0) is 37.3 Å². The normalized spacial score (nSPS) is 30.7. The summed E-state index contributed by atoms with van der Waals surface area (Å²) in [4.78, 5) is 18.3. The maximum Gasteiger partial charge on any atom is 0.252 e. The Morgan fingerprint density at radius 1 is 1.50 bits per heavy atom. The monoisotopic (exact) mass is 305 g/mol. The van der Waals surface area contributed by atoms with Crippen molar-refractivity contribution in [1.29, 1.82) is 5.26 Å². The molecule has 0 unspecified atom stereocenters. The van der Waals surface area contributed by atoms with E-state index in [0.29, 0.717) is 5.56 Å². The smallest absolute Gasteiger partial charge is 0.252 e. The maximum atomic E-state index is 13.5. The third-order valence-corrected chi connectivity index (χ3v) is 5.08. The van der Waals surface area contributed by atoms with E-state index < -0.39 is 17.7 Å². The molecule has 0 saturated carbocycles. The first-order valence-corrected chi connectivity index (χ1v) is 7.49. The van der Waals surface area contributed by atoms with Crippen molar-refractivity contribution >= 4 is 5.91 Å². The van der Waals surface area contributed by atoms with Gasteiger partial charge in [0.25, 0.3) is 6.43 Å². The Morgan fingerprint density at radius 2 is 2.27 bits per heavy atom. The Morgan fingerprint density at radius 3 is 2.91 bits per heavy atom. The molecule has 2 aliphatic rings. The van der Waals surface area contributed by atoms with Crippen LogP contribution in [0.4, 0.5) is 8.78 Å². The van der Waals surface area contributed by atoms with Gasteiger partial charge in [0.15, 0.2) is 0 Å². The lowest BCUT2D eigenvalue weighted by atomic mass is 9.81. The standard InChI is InChI=1S/C16H17F2N3O/c1-2-16(14(17)18)6-12-3-4-13(21(12)15(16)22)11-5-10(7-19)8-20-9-11/h5,8-9,12-14H,2-4,6H2,1H3/t12-,13-,16-/m1/s1. The van der Waals surface area contributed by atoms with Gasteiger partial charge >= 0.3 is 0 Å². The SMILES string of the molecule is CC[C@]1(C(F)F)C[C@H]2CC[C@H](c3cncc(C#N)c3)N2C1=O. The first-order valence-electron chi connectivity index (χ1n) is 7.49. The van der Waals surface area contributed by atoms with Crippen LogP contribution in [0, 0.1) is 16.7 Å². The van der Waals surface area contributed by atoms with E-state index in [-0.39, 0.29) is 24.9 Å². The largest absolute Gasteiger partial charge is 0.332 e. The van der Waals surface area contributed by atoms with Crippen molar-refractivity contribution in [3.63, 3.8) is 0 Å². The van der Waals surface area contributed by atoms with Crippen molar-refractivity contribution < 1.29 is 13.6 Å². The molecule has 2 fully saturated rings. The van der Waals surface area contributed by atoms with Crippen molar-refractivity contribution in [3.05, 3.63) is 29.6 Å². The topological polar surface area (TPSA) is 57.0 Å². The zero-order valence-corrected chi connectivity index (χ0v) is 12.3. The number of carbonyl (C=O) groups is 1. The van der Waals surface area contributed by atoms with Gasteiger partial charge in [-0.3, -0.25) is 9.78 Å². The first kappa shape index (κ1) is 14.9. The molecule has 0 radical (unpaired) electrons. The summed E-state index contributed by atoms with van der Waals surface area (Å²) in [6.45, 7) is 1.65. The summed E-state index contributed by atoms with van der Waals surface area (Å²) in [5, 5.41) is 8.97. The Hall–Kier alpha value is -2.03. The number of nitriles is 1. The molecule has 3 atom stereocenters. The van der Waals surface area contributed by atoms with E-state index in [2.05, 4.69) is 4.98 Å². The molecule has 2 saturated heterocycles. The number of hydrogen-bond acceptors (Lipinski definition) is 3. The minimum Gasteiger partial charge on any atom is -0.332 e. The molecular formula is C16H17F2N3O. The molecular weight excluding hydrogens is 288 g/mol. The number of carbonyl (C=O) groups excluding carboxylic acids is 1. The maximum absolute atomic E-state index is 13.5. The third kappa shape index (κ3) is 1.99. The van der Waals surface area contributed by atoms with Crippen LogP contribution in [0.2, 0.25) is 0 Å². The van der Waals surface area contributed by atoms with E-state index in [0.717, 1.165) is 18.4 Å². The van der Waals surface area contributed by atoms with Crippen LogP contribution < -0.4 is 0 Å². The summed E-state index contributed by atoms with van der Waals surface area (Å²) >= 11 is 0. The molecule has 0 N–H and O–H groups in total. The van der Waals surface area contributed by atoms with Crippen LogP contribution in [-0.4, -0.2) is 28.3 Å². The van der Waals surface area contributed by atoms with Gasteiger partial charge in [0.1, 0.15) is 11.5 Å². The molecule has 4 nitrogen and oxygen atoms in total. The summed E-state index contributed by atoms with van der Waals surface area (Å²) < 4.78 is 27.0. The molecule has 0 aliphatic carbocycles. The second kappa shape index (κ2) is 5.31. The summed E-state index contributed by atoms with van der Waals surface area (Å²) in [7, 11) is 0. The minimum absolute atomic E-state index is 0.128. The average Bonchev–Trinajstić information content (AvgIpc) is 3.06. The second-order valence-electron chi connectivity index (χ2n) is 6.09. The van der Waals surface area contributed by atoms with Gasteiger partial charge in [0.2, 0.25) is 5.91 Å². The van der Waals surface area contributed by atoms with Crippen molar-refractivity contribution in [2.75, 3.05) is 0 Å². The molecule has 2 aliphatic heterocycles. The van der Waals surface area contributed by atoms with E-state index in [1.807, 2.05) is 6.07 Å².